The third kappa shape index (κ3) is 3.96. The Morgan fingerprint density at radius 1 is 1.80 bits per heavy atom. The molecule has 2 N–H and O–H groups in total. The average molecular weight is 74.1 g/mol. The predicted molar refractivity (Wildman–Crippen MR) is 25.0 cm³/mol. The van der Waals surface area contributed by atoms with E-state index < -0.39 is 0 Å². The molecule has 0 spiro atoms. The van der Waals surface area contributed by atoms with Gasteiger partial charge in [0.25, 0.3) is 0 Å². The summed E-state index contributed by atoms with van der Waals surface area (Å²) in [7, 11) is 0. The van der Waals surface area contributed by atoms with Crippen LogP contribution in [0.25, 0.3) is 0 Å². The van der Waals surface area contributed by atoms with Crippen LogP contribution in [0, 0.1) is 5.92 Å². The highest BCUT2D eigenvalue weighted by atomic mass is 14.5. The summed E-state index contributed by atoms with van der Waals surface area (Å²) in [5, 5.41) is 0. The molecule has 0 heterocycles. The van der Waals surface area contributed by atoms with Crippen LogP contribution in [-0.4, -0.2) is 6.54 Å². The Kier molecular flexibility index (Phi) is 2.19. The molecule has 0 aliphatic heterocycles. The maximum Gasteiger partial charge on any atom is 1.00 e. The lowest BCUT2D eigenvalue weighted by Gasteiger charge is -1.91. The molecule has 0 saturated heterocycles. The van der Waals surface area contributed by atoms with Crippen molar-refractivity contribution < 1.29 is 1.43 Å². The van der Waals surface area contributed by atoms with Crippen molar-refractivity contribution in [3.05, 3.63) is 0 Å². The van der Waals surface area contributed by atoms with Gasteiger partial charge in [0.05, 0.1) is 0 Å². The molecule has 0 radical (unpaired) electrons. The van der Waals surface area contributed by atoms with E-state index in [4.69, 9.17) is 5.73 Å². The third-order valence-electron chi connectivity index (χ3n) is 0.471. The van der Waals surface area contributed by atoms with Gasteiger partial charge in [0.2, 0.25) is 0 Å². The lowest BCUT2D eigenvalue weighted by Crippen LogP contribution is -2.05. The second kappa shape index (κ2) is 2.21. The number of rotatable bonds is 1. The van der Waals surface area contributed by atoms with Crippen molar-refractivity contribution in [1.29, 1.82) is 0 Å². The first-order chi connectivity index (χ1) is 2.27. The molecule has 0 aromatic heterocycles. The number of hydrogen-bond acceptors (Lipinski definition) is 1. The fourth-order valence-electron chi connectivity index (χ4n) is 0. The molecule has 0 bridgehead atoms. The molecule has 0 aromatic rings. The van der Waals surface area contributed by atoms with E-state index in [1.54, 1.807) is 0 Å². The van der Waals surface area contributed by atoms with Crippen molar-refractivity contribution in [3.63, 3.8) is 0 Å². The molecule has 0 fully saturated rings. The zero-order valence-corrected chi connectivity index (χ0v) is 3.86. The molecule has 0 atom stereocenters. The van der Waals surface area contributed by atoms with Crippen molar-refractivity contribution in [1.82, 2.24) is 0 Å². The molecular weight excluding hydrogens is 62.1 g/mol. The topological polar surface area (TPSA) is 26.0 Å². The van der Waals surface area contributed by atoms with E-state index in [0.717, 1.165) is 6.54 Å². The first kappa shape index (κ1) is 4.96. The smallest absolute Gasteiger partial charge is 0.330 e. The van der Waals surface area contributed by atoms with Gasteiger partial charge in [0, 0.05) is 0 Å². The van der Waals surface area contributed by atoms with E-state index in [0.29, 0.717) is 5.92 Å². The molecule has 32 valence electrons. The zero-order valence-electron chi connectivity index (χ0n) is 4.86. The van der Waals surface area contributed by atoms with Crippen LogP contribution >= 0.6 is 0 Å². The van der Waals surface area contributed by atoms with E-state index in [-0.39, 0.29) is 1.43 Å². The summed E-state index contributed by atoms with van der Waals surface area (Å²) in [4.78, 5) is 0. The summed E-state index contributed by atoms with van der Waals surface area (Å²) in [5.41, 5.74) is 5.17. The van der Waals surface area contributed by atoms with Gasteiger partial charge in [-0.25, -0.2) is 0 Å². The Labute approximate surface area is 34.7 Å². The van der Waals surface area contributed by atoms with Gasteiger partial charge < -0.3 is 5.73 Å². The Bertz CT molecular complexity index is 21.5. The Morgan fingerprint density at radius 2 is 2.00 bits per heavy atom. The van der Waals surface area contributed by atoms with Gasteiger partial charge in [-0.1, -0.05) is 13.8 Å². The van der Waals surface area contributed by atoms with Gasteiger partial charge in [0.15, 0.2) is 0 Å². The number of nitrogens with two attached hydrogens (primary N) is 1. The maximum absolute atomic E-state index is 5.17. The van der Waals surface area contributed by atoms with Crippen molar-refractivity contribution in [2.24, 2.45) is 11.7 Å². The number of hydrogen-bond donors (Lipinski definition) is 1. The van der Waals surface area contributed by atoms with Crippen molar-refractivity contribution >= 4 is 0 Å². The molecule has 0 amide bonds. The highest BCUT2D eigenvalue weighted by Gasteiger charge is 1.80. The van der Waals surface area contributed by atoms with E-state index in [9.17, 15) is 0 Å². The van der Waals surface area contributed by atoms with Crippen LogP contribution in [-0.2, 0) is 0 Å². The van der Waals surface area contributed by atoms with Gasteiger partial charge in [-0.3, -0.25) is 0 Å². The van der Waals surface area contributed by atoms with Crippen LogP contribution in [0.1, 0.15) is 15.3 Å². The lowest BCUT2D eigenvalue weighted by molar-refractivity contribution is 0.664. The summed E-state index contributed by atoms with van der Waals surface area (Å²) in [6.07, 6.45) is 0. The average Bonchev–Trinajstić information content (AvgIpc) is 1.38. The molecular formula is C4H12N+. The van der Waals surface area contributed by atoms with Crippen LogP contribution < -0.4 is 5.73 Å². The van der Waals surface area contributed by atoms with Crippen LogP contribution in [0.5, 0.6) is 0 Å². The second-order valence-electron chi connectivity index (χ2n) is 1.63. The minimum atomic E-state index is 0. The minimum absolute atomic E-state index is 0. The molecule has 1 nitrogen and oxygen atoms in total. The first-order valence-electron chi connectivity index (χ1n) is 1.97. The summed E-state index contributed by atoms with van der Waals surface area (Å²) < 4.78 is 0. The Hall–Kier alpha value is -0.0400. The lowest BCUT2D eigenvalue weighted by atomic mass is 10.2. The van der Waals surface area contributed by atoms with E-state index in [1.165, 1.54) is 0 Å². The molecule has 5 heavy (non-hydrogen) atoms. The maximum atomic E-state index is 5.17. The van der Waals surface area contributed by atoms with Crippen LogP contribution in [0.3, 0.4) is 0 Å². The molecule has 0 aliphatic carbocycles. The molecule has 0 rings (SSSR count). The summed E-state index contributed by atoms with van der Waals surface area (Å²) in [6, 6.07) is 0. The molecule has 0 aliphatic rings. The fourth-order valence-corrected chi connectivity index (χ4v) is 0. The van der Waals surface area contributed by atoms with Crippen LogP contribution in [0.2, 0.25) is 0 Å². The van der Waals surface area contributed by atoms with E-state index in [1.807, 2.05) is 0 Å². The Morgan fingerprint density at radius 3 is 2.00 bits per heavy atom. The van der Waals surface area contributed by atoms with Gasteiger partial charge in [0.1, 0.15) is 0 Å². The fraction of sp³-hybridized carbons (Fsp3) is 1.00. The summed E-state index contributed by atoms with van der Waals surface area (Å²) >= 11 is 0. The minimum Gasteiger partial charge on any atom is -0.330 e. The van der Waals surface area contributed by atoms with Crippen molar-refractivity contribution in [2.75, 3.05) is 6.54 Å². The first-order valence-corrected chi connectivity index (χ1v) is 1.97. The standard InChI is InChI=1S/C4H11N/c1-4(2)3-5/h4H,3,5H2,1-2H3/p+1. The van der Waals surface area contributed by atoms with E-state index >= 15 is 0 Å². The van der Waals surface area contributed by atoms with Crippen LogP contribution in [0.4, 0.5) is 0 Å². The quantitative estimate of drug-likeness (QED) is 0.487. The molecule has 0 saturated carbocycles. The van der Waals surface area contributed by atoms with Gasteiger partial charge in [-0.2, -0.15) is 0 Å². The van der Waals surface area contributed by atoms with Crippen LogP contribution in [0.15, 0.2) is 0 Å². The normalized spacial score (nSPS) is 9.60. The zero-order chi connectivity index (χ0) is 4.28. The van der Waals surface area contributed by atoms with Gasteiger partial charge in [-0.15, -0.1) is 0 Å². The molecule has 0 unspecified atom stereocenters. The monoisotopic (exact) mass is 74.1 g/mol. The third-order valence-corrected chi connectivity index (χ3v) is 0.471. The second-order valence-corrected chi connectivity index (χ2v) is 1.63. The summed E-state index contributed by atoms with van der Waals surface area (Å²) in [5.74, 6) is 0.662. The van der Waals surface area contributed by atoms with Crippen molar-refractivity contribution in [3.8, 4) is 0 Å². The van der Waals surface area contributed by atoms with Gasteiger partial charge >= 0.3 is 1.43 Å². The van der Waals surface area contributed by atoms with Gasteiger partial charge in [-0.05, 0) is 12.5 Å². The van der Waals surface area contributed by atoms with Crippen molar-refractivity contribution in [2.45, 2.75) is 13.8 Å². The largest absolute Gasteiger partial charge is 1.00 e. The van der Waals surface area contributed by atoms with E-state index in [2.05, 4.69) is 13.8 Å². The highest BCUT2D eigenvalue weighted by molar-refractivity contribution is 4.38. The molecule has 0 aromatic carbocycles. The summed E-state index contributed by atoms with van der Waals surface area (Å²) in [6.45, 7) is 5.00. The SMILES string of the molecule is CC(C)CN.[H+]. The Balaban J connectivity index is 0. The molecule has 1 heteroatoms. The highest BCUT2D eigenvalue weighted by Crippen LogP contribution is 1.81. The predicted octanol–water partition coefficient (Wildman–Crippen LogP) is 0.714.